The Kier molecular flexibility index (Phi) is 5.99. The number of fused-ring (bicyclic) bond motifs is 1. The molecule has 1 amide bonds. The fourth-order valence-electron chi connectivity index (χ4n) is 4.44. The monoisotopic (exact) mass is 486 g/mol. The number of hydrogen-bond donors (Lipinski definition) is 3. The molecule has 4 N–H and O–H groups in total. The second-order valence-corrected chi connectivity index (χ2v) is 9.14. The maximum atomic E-state index is 12.3. The first kappa shape index (κ1) is 23.3. The minimum absolute atomic E-state index is 0.0133. The predicted molar refractivity (Wildman–Crippen MR) is 132 cm³/mol. The SMILES string of the molecule is C[C@@H]1CN(c2ccc(C#N)cn2)C[C@H]1Nc1c(C(N)=O)cnn2cc(-c3cnn(C[C@@H](C)O)c3)nc12. The molecule has 12 nitrogen and oxygen atoms in total. The highest BCUT2D eigenvalue weighted by Crippen LogP contribution is 2.30. The summed E-state index contributed by atoms with van der Waals surface area (Å²) in [4.78, 5) is 23.6. The van der Waals surface area contributed by atoms with Gasteiger partial charge in [0.05, 0.1) is 53.7 Å². The summed E-state index contributed by atoms with van der Waals surface area (Å²) in [7, 11) is 0. The molecular weight excluding hydrogens is 460 g/mol. The van der Waals surface area contributed by atoms with Gasteiger partial charge < -0.3 is 21.1 Å². The van der Waals surface area contributed by atoms with Crippen LogP contribution in [0.25, 0.3) is 16.9 Å². The average molecular weight is 487 g/mol. The van der Waals surface area contributed by atoms with E-state index in [-0.39, 0.29) is 17.5 Å². The van der Waals surface area contributed by atoms with Crippen molar-refractivity contribution >= 4 is 23.1 Å². The number of nitrogens with two attached hydrogens (primary N) is 1. The number of aromatic nitrogens is 6. The third-order valence-corrected chi connectivity index (χ3v) is 6.28. The van der Waals surface area contributed by atoms with Crippen LogP contribution in [0.4, 0.5) is 11.5 Å². The quantitative estimate of drug-likeness (QED) is 0.349. The van der Waals surface area contributed by atoms with Crippen LogP contribution in [-0.2, 0) is 6.54 Å². The molecule has 36 heavy (non-hydrogen) atoms. The lowest BCUT2D eigenvalue weighted by Gasteiger charge is -2.20. The molecule has 0 aromatic carbocycles. The fraction of sp³-hybridized carbons (Fsp3) is 0.333. The van der Waals surface area contributed by atoms with E-state index in [1.807, 2.05) is 6.07 Å². The summed E-state index contributed by atoms with van der Waals surface area (Å²) in [5, 5.41) is 30.8. The lowest BCUT2D eigenvalue weighted by Crippen LogP contribution is -2.30. The number of aliphatic hydroxyl groups excluding tert-OH is 1. The van der Waals surface area contributed by atoms with E-state index in [4.69, 9.17) is 16.0 Å². The number of carbonyl (C=O) groups excluding carboxylic acids is 1. The van der Waals surface area contributed by atoms with Gasteiger partial charge in [0.25, 0.3) is 5.91 Å². The van der Waals surface area contributed by atoms with Gasteiger partial charge in [-0.3, -0.25) is 9.48 Å². The Balaban J connectivity index is 1.45. The number of carbonyl (C=O) groups is 1. The number of nitrogens with one attached hydrogen (secondary N) is 1. The van der Waals surface area contributed by atoms with E-state index in [0.29, 0.717) is 35.7 Å². The van der Waals surface area contributed by atoms with E-state index in [2.05, 4.69) is 38.4 Å². The molecule has 0 aliphatic carbocycles. The number of hydrogen-bond acceptors (Lipinski definition) is 9. The number of anilines is 2. The first-order chi connectivity index (χ1) is 17.3. The maximum absolute atomic E-state index is 12.3. The second-order valence-electron chi connectivity index (χ2n) is 9.14. The van der Waals surface area contributed by atoms with Gasteiger partial charge in [-0.2, -0.15) is 15.5 Å². The van der Waals surface area contributed by atoms with Crippen molar-refractivity contribution in [2.75, 3.05) is 23.3 Å². The molecular formula is C24H26N10O2. The standard InChI is InChI=1S/C24H26N10O2/c1-14-9-32(21-4-3-16(5-25)6-27-21)12-19(14)30-22-18(23(26)36)8-29-34-13-20(31-24(22)34)17-7-28-33(11-17)10-15(2)35/h3-4,6-8,11,13-15,19,30,35H,9-10,12H2,1-2H3,(H2,26,36)/t14-,15-,19-/m1/s1. The van der Waals surface area contributed by atoms with Crippen molar-refractivity contribution in [3.8, 4) is 17.3 Å². The van der Waals surface area contributed by atoms with Gasteiger partial charge in [-0.15, -0.1) is 0 Å². The summed E-state index contributed by atoms with van der Waals surface area (Å²) >= 11 is 0. The summed E-state index contributed by atoms with van der Waals surface area (Å²) in [5.74, 6) is 0.417. The molecule has 4 aromatic rings. The van der Waals surface area contributed by atoms with E-state index >= 15 is 0 Å². The zero-order valence-electron chi connectivity index (χ0n) is 19.9. The zero-order valence-corrected chi connectivity index (χ0v) is 19.9. The molecule has 0 bridgehead atoms. The molecule has 0 saturated carbocycles. The van der Waals surface area contributed by atoms with Crippen LogP contribution >= 0.6 is 0 Å². The van der Waals surface area contributed by atoms with Crippen molar-refractivity contribution in [3.63, 3.8) is 0 Å². The summed E-state index contributed by atoms with van der Waals surface area (Å²) < 4.78 is 3.26. The lowest BCUT2D eigenvalue weighted by molar-refractivity contribution is 0.100. The Morgan fingerprint density at radius 1 is 1.28 bits per heavy atom. The molecule has 184 valence electrons. The van der Waals surface area contributed by atoms with Gasteiger partial charge >= 0.3 is 0 Å². The minimum Gasteiger partial charge on any atom is -0.391 e. The van der Waals surface area contributed by atoms with Gasteiger partial charge in [-0.1, -0.05) is 6.92 Å². The highest BCUT2D eigenvalue weighted by molar-refractivity contribution is 6.01. The number of nitrogens with zero attached hydrogens (tertiary/aromatic N) is 8. The highest BCUT2D eigenvalue weighted by Gasteiger charge is 2.32. The number of imidazole rings is 1. The Morgan fingerprint density at radius 2 is 2.11 bits per heavy atom. The number of rotatable bonds is 7. The topological polar surface area (TPSA) is 163 Å². The number of pyridine rings is 1. The van der Waals surface area contributed by atoms with Crippen LogP contribution in [0.1, 0.15) is 29.8 Å². The fourth-order valence-corrected chi connectivity index (χ4v) is 4.44. The third kappa shape index (κ3) is 4.44. The molecule has 0 spiro atoms. The van der Waals surface area contributed by atoms with Crippen LogP contribution in [0.3, 0.4) is 0 Å². The Labute approximate surface area is 207 Å². The van der Waals surface area contributed by atoms with Crippen LogP contribution in [0.15, 0.2) is 43.1 Å². The van der Waals surface area contributed by atoms with Crippen LogP contribution in [0.5, 0.6) is 0 Å². The second kappa shape index (κ2) is 9.27. The average Bonchev–Trinajstić information content (AvgIpc) is 3.57. The van der Waals surface area contributed by atoms with E-state index < -0.39 is 12.0 Å². The molecule has 0 unspecified atom stereocenters. The summed E-state index contributed by atoms with van der Waals surface area (Å²) in [5.41, 5.74) is 8.85. The van der Waals surface area contributed by atoms with Crippen LogP contribution in [0, 0.1) is 17.2 Å². The number of aliphatic hydroxyl groups is 1. The van der Waals surface area contributed by atoms with E-state index in [1.54, 1.807) is 47.0 Å². The summed E-state index contributed by atoms with van der Waals surface area (Å²) in [6.45, 7) is 5.59. The van der Waals surface area contributed by atoms with Crippen LogP contribution in [-0.4, -0.2) is 65.6 Å². The van der Waals surface area contributed by atoms with Crippen molar-refractivity contribution in [2.24, 2.45) is 11.7 Å². The number of primary amides is 1. The molecule has 5 rings (SSSR count). The smallest absolute Gasteiger partial charge is 0.252 e. The van der Waals surface area contributed by atoms with Gasteiger partial charge in [0.1, 0.15) is 11.9 Å². The maximum Gasteiger partial charge on any atom is 0.252 e. The molecule has 5 heterocycles. The molecule has 4 aromatic heterocycles. The molecule has 1 aliphatic heterocycles. The van der Waals surface area contributed by atoms with Crippen molar-refractivity contribution in [2.45, 2.75) is 32.5 Å². The molecule has 3 atom stereocenters. The van der Waals surface area contributed by atoms with Crippen LogP contribution in [0.2, 0.25) is 0 Å². The summed E-state index contributed by atoms with van der Waals surface area (Å²) in [6, 6.07) is 5.66. The molecule has 0 radical (unpaired) electrons. The molecule has 1 aliphatic rings. The van der Waals surface area contributed by atoms with E-state index in [0.717, 1.165) is 17.9 Å². The Morgan fingerprint density at radius 3 is 2.81 bits per heavy atom. The lowest BCUT2D eigenvalue weighted by atomic mass is 10.1. The summed E-state index contributed by atoms with van der Waals surface area (Å²) in [6.07, 6.45) is 7.72. The van der Waals surface area contributed by atoms with Gasteiger partial charge in [-0.05, 0) is 25.0 Å². The van der Waals surface area contributed by atoms with Gasteiger partial charge in [0.15, 0.2) is 5.65 Å². The number of nitriles is 1. The van der Waals surface area contributed by atoms with Gasteiger partial charge in [0.2, 0.25) is 0 Å². The van der Waals surface area contributed by atoms with E-state index in [1.165, 1.54) is 6.20 Å². The first-order valence-electron chi connectivity index (χ1n) is 11.6. The first-order valence-corrected chi connectivity index (χ1v) is 11.6. The normalized spacial score (nSPS) is 18.3. The van der Waals surface area contributed by atoms with E-state index in [9.17, 15) is 9.90 Å². The van der Waals surface area contributed by atoms with Crippen molar-refractivity contribution in [1.82, 2.24) is 29.4 Å². The molecule has 1 saturated heterocycles. The Hall–Kier alpha value is -4.50. The van der Waals surface area contributed by atoms with Gasteiger partial charge in [-0.25, -0.2) is 14.5 Å². The Bertz CT molecular complexity index is 1450. The number of amides is 1. The van der Waals surface area contributed by atoms with Crippen molar-refractivity contribution in [1.29, 1.82) is 5.26 Å². The van der Waals surface area contributed by atoms with Gasteiger partial charge in [0, 0.05) is 37.1 Å². The molecule has 12 heteroatoms. The minimum atomic E-state index is -0.599. The predicted octanol–water partition coefficient (Wildman–Crippen LogP) is 1.28. The molecule has 1 fully saturated rings. The largest absolute Gasteiger partial charge is 0.391 e. The third-order valence-electron chi connectivity index (χ3n) is 6.28. The van der Waals surface area contributed by atoms with Crippen molar-refractivity contribution in [3.05, 3.63) is 54.2 Å². The highest BCUT2D eigenvalue weighted by atomic mass is 16.3. The zero-order chi connectivity index (χ0) is 25.4. The van der Waals surface area contributed by atoms with Crippen molar-refractivity contribution < 1.29 is 9.90 Å². The van der Waals surface area contributed by atoms with Crippen LogP contribution < -0.4 is 16.0 Å².